The van der Waals surface area contributed by atoms with Crippen LogP contribution in [-0.4, -0.2) is 18.8 Å². The fourth-order valence-electron chi connectivity index (χ4n) is 1.39. The Hall–Kier alpha value is -2.10. The van der Waals surface area contributed by atoms with E-state index in [4.69, 9.17) is 0 Å². The number of nitrogens with one attached hydrogen (secondary N) is 2. The lowest BCUT2D eigenvalue weighted by Gasteiger charge is -2.03. The van der Waals surface area contributed by atoms with E-state index >= 15 is 0 Å². The molecule has 124 valence electrons. The maximum Gasteiger partial charge on any atom is 0.221 e. The normalized spacial score (nSPS) is 11.0. The molecule has 2 N–H and O–H groups in total. The number of para-hydroxylation sites is 1. The molecule has 1 aromatic rings. The van der Waals surface area contributed by atoms with E-state index in [1.54, 1.807) is 0 Å². The summed E-state index contributed by atoms with van der Waals surface area (Å²) in [6.07, 6.45) is 3.81. The number of aryl methyl sites for hydroxylation is 1. The molecule has 1 heterocycles. The number of hydrogen-bond acceptors (Lipinski definition) is 3. The van der Waals surface area contributed by atoms with Gasteiger partial charge in [0.25, 0.3) is 0 Å². The van der Waals surface area contributed by atoms with E-state index in [1.807, 2.05) is 78.2 Å². The number of carbonyl (C=O) groups is 1. The highest BCUT2D eigenvalue weighted by Crippen LogP contribution is 2.12. The van der Waals surface area contributed by atoms with E-state index < -0.39 is 0 Å². The molecule has 0 radical (unpaired) electrons. The van der Waals surface area contributed by atoms with Gasteiger partial charge in [-0.3, -0.25) is 9.79 Å². The van der Waals surface area contributed by atoms with Crippen molar-refractivity contribution in [3.05, 3.63) is 41.6 Å². The lowest BCUT2D eigenvalue weighted by Crippen LogP contribution is -2.09. The van der Waals surface area contributed by atoms with Crippen LogP contribution < -0.4 is 10.6 Å². The van der Waals surface area contributed by atoms with E-state index in [-0.39, 0.29) is 5.91 Å². The van der Waals surface area contributed by atoms with Crippen molar-refractivity contribution in [2.24, 2.45) is 4.99 Å². The summed E-state index contributed by atoms with van der Waals surface area (Å²) < 4.78 is 0. The molecule has 22 heavy (non-hydrogen) atoms. The van der Waals surface area contributed by atoms with Gasteiger partial charge >= 0.3 is 0 Å². The molecular weight excluding hydrogens is 274 g/mol. The first-order chi connectivity index (χ1) is 10.6. The van der Waals surface area contributed by atoms with E-state index in [1.165, 1.54) is 12.5 Å². The lowest BCUT2D eigenvalue weighted by molar-refractivity contribution is -0.114. The minimum Gasteiger partial charge on any atom is -0.372 e. The van der Waals surface area contributed by atoms with Crippen LogP contribution in [0.2, 0.25) is 0 Å². The second-order valence-electron chi connectivity index (χ2n) is 4.06. The summed E-state index contributed by atoms with van der Waals surface area (Å²) in [4.78, 5) is 14.6. The highest BCUT2D eigenvalue weighted by Gasteiger charge is 1.96. The third-order valence-corrected chi connectivity index (χ3v) is 2.26. The summed E-state index contributed by atoms with van der Waals surface area (Å²) in [5.41, 5.74) is 3.16. The summed E-state index contributed by atoms with van der Waals surface area (Å²) >= 11 is 0. The van der Waals surface area contributed by atoms with Gasteiger partial charge in [0.15, 0.2) is 0 Å². The zero-order valence-corrected chi connectivity index (χ0v) is 15.0. The number of anilines is 1. The maximum absolute atomic E-state index is 10.7. The van der Waals surface area contributed by atoms with Gasteiger partial charge in [0.1, 0.15) is 6.67 Å². The van der Waals surface area contributed by atoms with Gasteiger partial charge < -0.3 is 10.6 Å². The van der Waals surface area contributed by atoms with Crippen molar-refractivity contribution in [2.45, 2.75) is 48.5 Å². The Kier molecular flexibility index (Phi) is 15.4. The first kappa shape index (κ1) is 22.2. The van der Waals surface area contributed by atoms with Crippen LogP contribution in [0.1, 0.15) is 47.1 Å². The van der Waals surface area contributed by atoms with Crippen molar-refractivity contribution >= 4 is 17.8 Å². The van der Waals surface area contributed by atoms with E-state index in [0.717, 1.165) is 17.9 Å². The number of allylic oxidation sites excluding steroid dienone is 1. The quantitative estimate of drug-likeness (QED) is 0.801. The van der Waals surface area contributed by atoms with Gasteiger partial charge in [-0.15, -0.1) is 0 Å². The first-order valence-corrected chi connectivity index (χ1v) is 7.83. The van der Waals surface area contributed by atoms with Gasteiger partial charge in [-0.25, -0.2) is 0 Å². The minimum atomic E-state index is -0.0284. The van der Waals surface area contributed by atoms with Crippen molar-refractivity contribution in [3.63, 3.8) is 0 Å². The third-order valence-electron chi connectivity index (χ3n) is 2.26. The second-order valence-corrected chi connectivity index (χ2v) is 4.06. The maximum atomic E-state index is 10.7. The largest absolute Gasteiger partial charge is 0.372 e. The number of aliphatic imine (C=N–C) groups is 1. The van der Waals surface area contributed by atoms with Crippen LogP contribution in [0.4, 0.5) is 5.69 Å². The summed E-state index contributed by atoms with van der Waals surface area (Å²) in [6.45, 7) is 14.2. The predicted octanol–water partition coefficient (Wildman–Crippen LogP) is 4.53. The topological polar surface area (TPSA) is 53.5 Å². The summed E-state index contributed by atoms with van der Waals surface area (Å²) in [7, 11) is 0. The molecule has 1 aliphatic rings. The molecule has 4 nitrogen and oxygen atoms in total. The number of rotatable bonds is 1. The number of amides is 1. The van der Waals surface area contributed by atoms with Crippen molar-refractivity contribution in [1.82, 2.24) is 5.32 Å². The molecule has 1 aliphatic heterocycles. The molecule has 0 aromatic heterocycles. The van der Waals surface area contributed by atoms with Crippen molar-refractivity contribution in [1.29, 1.82) is 0 Å². The van der Waals surface area contributed by atoms with Gasteiger partial charge in [-0.05, 0) is 31.1 Å². The van der Waals surface area contributed by atoms with Crippen molar-refractivity contribution in [3.8, 4) is 0 Å². The van der Waals surface area contributed by atoms with E-state index in [9.17, 15) is 4.79 Å². The molecule has 0 unspecified atom stereocenters. The van der Waals surface area contributed by atoms with Crippen molar-refractivity contribution in [2.75, 3.05) is 12.0 Å². The fourth-order valence-corrected chi connectivity index (χ4v) is 1.39. The molecule has 0 fully saturated rings. The minimum absolute atomic E-state index is 0.0284. The molecule has 0 bridgehead atoms. The zero-order valence-electron chi connectivity index (χ0n) is 15.0. The average molecular weight is 305 g/mol. The number of benzene rings is 1. The Labute approximate surface area is 135 Å². The molecule has 0 aliphatic carbocycles. The molecule has 0 spiro atoms. The second kappa shape index (κ2) is 15.3. The first-order valence-electron chi connectivity index (χ1n) is 7.83. The summed E-state index contributed by atoms with van der Waals surface area (Å²) in [5.74, 6) is -0.0284. The zero-order chi connectivity index (χ0) is 17.4. The van der Waals surface area contributed by atoms with E-state index in [0.29, 0.717) is 0 Å². The molecule has 0 saturated heterocycles. The molecule has 1 aromatic carbocycles. The number of nitrogens with zero attached hydrogens (tertiary/aromatic N) is 1. The van der Waals surface area contributed by atoms with Crippen LogP contribution >= 0.6 is 0 Å². The Morgan fingerprint density at radius 1 is 1.14 bits per heavy atom. The Bertz CT molecular complexity index is 465. The van der Waals surface area contributed by atoms with Crippen LogP contribution in [0.3, 0.4) is 0 Å². The van der Waals surface area contributed by atoms with Crippen LogP contribution in [0.25, 0.3) is 0 Å². The molecule has 1 amide bonds. The highest BCUT2D eigenvalue weighted by molar-refractivity contribution is 5.89. The predicted molar refractivity (Wildman–Crippen MR) is 98.4 cm³/mol. The van der Waals surface area contributed by atoms with Gasteiger partial charge in [0.2, 0.25) is 5.91 Å². The highest BCUT2D eigenvalue weighted by atomic mass is 16.1. The SMILES string of the molecule is CC.CC.CC(=O)Nc1ccccc1C.CC1=CNCN=C1. The van der Waals surface area contributed by atoms with Gasteiger partial charge in [0.05, 0.1) is 0 Å². The van der Waals surface area contributed by atoms with Crippen LogP contribution in [0, 0.1) is 6.92 Å². The van der Waals surface area contributed by atoms with Gasteiger partial charge in [-0.1, -0.05) is 45.9 Å². The lowest BCUT2D eigenvalue weighted by atomic mass is 10.2. The smallest absolute Gasteiger partial charge is 0.221 e. The Balaban J connectivity index is 0. The fraction of sp³-hybridized carbons (Fsp3) is 0.444. The Morgan fingerprint density at radius 3 is 2.09 bits per heavy atom. The van der Waals surface area contributed by atoms with Crippen molar-refractivity contribution < 1.29 is 4.79 Å². The number of carbonyl (C=O) groups excluding carboxylic acids is 1. The van der Waals surface area contributed by atoms with Crippen LogP contribution in [0.5, 0.6) is 0 Å². The van der Waals surface area contributed by atoms with Crippen LogP contribution in [-0.2, 0) is 4.79 Å². The molecular formula is C18H31N3O. The molecule has 0 saturated carbocycles. The molecule has 4 heteroatoms. The monoisotopic (exact) mass is 305 g/mol. The van der Waals surface area contributed by atoms with Crippen LogP contribution in [0.15, 0.2) is 41.0 Å². The Morgan fingerprint density at radius 2 is 1.73 bits per heavy atom. The summed E-state index contributed by atoms with van der Waals surface area (Å²) in [6, 6.07) is 7.70. The van der Waals surface area contributed by atoms with Gasteiger partial charge in [0, 0.05) is 25.0 Å². The van der Waals surface area contributed by atoms with Gasteiger partial charge in [-0.2, -0.15) is 0 Å². The average Bonchev–Trinajstić information content (AvgIpc) is 2.54. The molecule has 2 rings (SSSR count). The van der Waals surface area contributed by atoms with E-state index in [2.05, 4.69) is 15.6 Å². The molecule has 0 atom stereocenters. The summed E-state index contributed by atoms with van der Waals surface area (Å²) in [5, 5.41) is 5.71. The third kappa shape index (κ3) is 11.7. The standard InChI is InChI=1S/C9H11NO.C5H8N2.2C2H6/c1-7-5-3-4-6-9(7)10-8(2)11;1-5-2-6-4-7-3-5;2*1-2/h3-6H,1-2H3,(H,10,11);2-3,6H,4H2,1H3;2*1-2H3. The number of hydrogen-bond donors (Lipinski definition) is 2.